The maximum Gasteiger partial charge on any atom is 0.410 e. The number of rotatable bonds is 9. The number of thiazole rings is 1. The number of anilines is 2. The van der Waals surface area contributed by atoms with Crippen LogP contribution in [0, 0.1) is 5.92 Å². The molecule has 0 unspecified atom stereocenters. The monoisotopic (exact) mass is 622 g/mol. The first-order chi connectivity index (χ1) is 19.3. The average Bonchev–Trinajstić information content (AvgIpc) is 3.57. The Morgan fingerprint density at radius 3 is 2.54 bits per heavy atom. The lowest BCUT2D eigenvalue weighted by Crippen LogP contribution is -2.36. The Bertz CT molecular complexity index is 1480. The van der Waals surface area contributed by atoms with Crippen LogP contribution < -0.4 is 19.1 Å². The second-order valence-corrected chi connectivity index (χ2v) is 13.9. The molecular weight excluding hydrogens is 588 g/mol. The van der Waals surface area contributed by atoms with Crippen molar-refractivity contribution >= 4 is 49.9 Å². The molecule has 1 aliphatic heterocycles. The average molecular weight is 623 g/mol. The van der Waals surface area contributed by atoms with Crippen LogP contribution in [0.1, 0.15) is 33.3 Å². The molecule has 1 aliphatic rings. The fourth-order valence-corrected chi connectivity index (χ4v) is 7.06. The maximum absolute atomic E-state index is 13.9. The third-order valence-electron chi connectivity index (χ3n) is 6.57. The zero-order valence-electron chi connectivity index (χ0n) is 23.9. The first kappa shape index (κ1) is 30.7. The van der Waals surface area contributed by atoms with Gasteiger partial charge in [0.05, 0.1) is 36.4 Å². The van der Waals surface area contributed by atoms with Gasteiger partial charge in [-0.25, -0.2) is 22.5 Å². The van der Waals surface area contributed by atoms with Gasteiger partial charge in [-0.3, -0.25) is 0 Å². The summed E-state index contributed by atoms with van der Waals surface area (Å²) in [6.45, 7) is 8.49. The van der Waals surface area contributed by atoms with E-state index in [0.717, 1.165) is 0 Å². The molecule has 0 bridgehead atoms. The van der Waals surface area contributed by atoms with Crippen LogP contribution in [-0.4, -0.2) is 63.3 Å². The standard InChI is InChI=1S/C28H35ClN4O6S2/c1-18-15-32(27(34)39-28(2,3)4)17-24(18)31-23-10-9-21(14-22(23)29)41(35,36)33(26-30-11-12-40-26)16-19-7-8-20(37-5)13-25(19)38-6/h7-14,18,24,31H,15-17H2,1-6H3/t18-,24-/m0/s1. The summed E-state index contributed by atoms with van der Waals surface area (Å²) in [5.74, 6) is 1.21. The number of benzene rings is 2. The van der Waals surface area contributed by atoms with Crippen LogP contribution in [0.3, 0.4) is 0 Å². The number of hydrogen-bond acceptors (Lipinski definition) is 9. The number of amides is 1. The van der Waals surface area contributed by atoms with Crippen molar-refractivity contribution in [2.75, 3.05) is 36.9 Å². The van der Waals surface area contributed by atoms with Crippen LogP contribution in [-0.2, 0) is 21.3 Å². The number of ether oxygens (including phenoxy) is 3. The smallest absolute Gasteiger partial charge is 0.410 e. The highest BCUT2D eigenvalue weighted by Gasteiger charge is 2.35. The summed E-state index contributed by atoms with van der Waals surface area (Å²) < 4.78 is 45.4. The summed E-state index contributed by atoms with van der Waals surface area (Å²) in [6.07, 6.45) is 1.19. The molecule has 0 radical (unpaired) electrons. The first-order valence-electron chi connectivity index (χ1n) is 13.0. The molecule has 1 fully saturated rings. The van der Waals surface area contributed by atoms with Gasteiger partial charge in [0.2, 0.25) is 0 Å². The third-order valence-corrected chi connectivity index (χ3v) is 9.53. The molecule has 4 rings (SSSR count). The fourth-order valence-electron chi connectivity index (χ4n) is 4.46. The van der Waals surface area contributed by atoms with E-state index < -0.39 is 15.6 Å². The summed E-state index contributed by atoms with van der Waals surface area (Å²) in [5.41, 5.74) is 0.633. The largest absolute Gasteiger partial charge is 0.497 e. The zero-order chi connectivity index (χ0) is 29.9. The maximum atomic E-state index is 13.9. The number of sulfonamides is 1. The van der Waals surface area contributed by atoms with Gasteiger partial charge in [-0.15, -0.1) is 11.3 Å². The number of aromatic nitrogens is 1. The first-order valence-corrected chi connectivity index (χ1v) is 15.7. The predicted molar refractivity (Wildman–Crippen MR) is 161 cm³/mol. The van der Waals surface area contributed by atoms with Gasteiger partial charge >= 0.3 is 6.09 Å². The zero-order valence-corrected chi connectivity index (χ0v) is 26.3. The molecule has 1 saturated heterocycles. The number of likely N-dealkylation sites (tertiary alicyclic amines) is 1. The van der Waals surface area contributed by atoms with Crippen molar-refractivity contribution in [3.05, 3.63) is 58.6 Å². The Hall–Kier alpha value is -3.22. The Morgan fingerprint density at radius 1 is 1.17 bits per heavy atom. The second-order valence-electron chi connectivity index (χ2n) is 10.8. The van der Waals surface area contributed by atoms with E-state index in [2.05, 4.69) is 10.3 Å². The predicted octanol–water partition coefficient (Wildman–Crippen LogP) is 5.88. The van der Waals surface area contributed by atoms with Crippen molar-refractivity contribution in [2.24, 2.45) is 5.92 Å². The van der Waals surface area contributed by atoms with Crippen LogP contribution in [0.25, 0.3) is 0 Å². The van der Waals surface area contributed by atoms with Gasteiger partial charge in [0.1, 0.15) is 17.1 Å². The summed E-state index contributed by atoms with van der Waals surface area (Å²) in [7, 11) is -0.998. The summed E-state index contributed by atoms with van der Waals surface area (Å²) in [6, 6.07) is 9.71. The van der Waals surface area contributed by atoms with Crippen molar-refractivity contribution in [2.45, 2.75) is 50.8 Å². The van der Waals surface area contributed by atoms with Crippen molar-refractivity contribution in [1.29, 1.82) is 0 Å². The minimum atomic E-state index is -4.06. The molecule has 1 N–H and O–H groups in total. The number of methoxy groups -OCH3 is 2. The molecule has 1 aromatic heterocycles. The van der Waals surface area contributed by atoms with E-state index >= 15 is 0 Å². The summed E-state index contributed by atoms with van der Waals surface area (Å²) in [5, 5.41) is 5.65. The van der Waals surface area contributed by atoms with E-state index in [4.69, 9.17) is 25.8 Å². The third kappa shape index (κ3) is 7.17. The Labute approximate surface area is 250 Å². The van der Waals surface area contributed by atoms with Crippen LogP contribution in [0.15, 0.2) is 52.9 Å². The minimum Gasteiger partial charge on any atom is -0.497 e. The number of carbonyl (C=O) groups excluding carboxylic acids is 1. The number of nitrogens with one attached hydrogen (secondary N) is 1. The lowest BCUT2D eigenvalue weighted by molar-refractivity contribution is 0.0288. The van der Waals surface area contributed by atoms with Crippen molar-refractivity contribution < 1.29 is 27.4 Å². The van der Waals surface area contributed by atoms with Crippen LogP contribution in [0.4, 0.5) is 15.6 Å². The number of carbonyl (C=O) groups is 1. The van der Waals surface area contributed by atoms with E-state index in [0.29, 0.717) is 41.0 Å². The quantitative estimate of drug-likeness (QED) is 0.315. The molecule has 3 aromatic rings. The molecule has 222 valence electrons. The van der Waals surface area contributed by atoms with E-state index in [9.17, 15) is 13.2 Å². The fraction of sp³-hybridized carbons (Fsp3) is 0.429. The Morgan fingerprint density at radius 2 is 1.93 bits per heavy atom. The van der Waals surface area contributed by atoms with Gasteiger partial charge in [-0.1, -0.05) is 18.5 Å². The highest BCUT2D eigenvalue weighted by molar-refractivity contribution is 7.93. The topological polar surface area (TPSA) is 110 Å². The summed E-state index contributed by atoms with van der Waals surface area (Å²) in [4.78, 5) is 18.5. The molecule has 2 aromatic carbocycles. The van der Waals surface area contributed by atoms with E-state index in [1.54, 1.807) is 47.9 Å². The second kappa shape index (κ2) is 12.3. The Kier molecular flexibility index (Phi) is 9.25. The lowest BCUT2D eigenvalue weighted by Gasteiger charge is -2.25. The van der Waals surface area contributed by atoms with Gasteiger partial charge in [0, 0.05) is 42.3 Å². The highest BCUT2D eigenvalue weighted by atomic mass is 35.5. The number of nitrogens with zero attached hydrogens (tertiary/aromatic N) is 3. The normalized spacial score (nSPS) is 17.3. The van der Waals surface area contributed by atoms with E-state index in [1.807, 2.05) is 27.7 Å². The van der Waals surface area contributed by atoms with Gasteiger partial charge in [-0.2, -0.15) is 0 Å². The highest BCUT2D eigenvalue weighted by Crippen LogP contribution is 2.35. The molecule has 0 aliphatic carbocycles. The molecule has 10 nitrogen and oxygen atoms in total. The number of halogens is 1. The van der Waals surface area contributed by atoms with Gasteiger partial charge in [0.25, 0.3) is 10.0 Å². The molecule has 1 amide bonds. The molecule has 0 spiro atoms. The molecule has 2 heterocycles. The van der Waals surface area contributed by atoms with Crippen LogP contribution >= 0.6 is 22.9 Å². The molecule has 2 atom stereocenters. The number of hydrogen-bond donors (Lipinski definition) is 1. The van der Waals surface area contributed by atoms with Gasteiger partial charge in [0.15, 0.2) is 5.13 Å². The van der Waals surface area contributed by atoms with E-state index in [-0.39, 0.29) is 34.5 Å². The van der Waals surface area contributed by atoms with Crippen molar-refractivity contribution in [3.63, 3.8) is 0 Å². The summed E-state index contributed by atoms with van der Waals surface area (Å²) >= 11 is 7.83. The molecular formula is C28H35ClN4O6S2. The van der Waals surface area contributed by atoms with Crippen molar-refractivity contribution in [3.8, 4) is 11.5 Å². The van der Waals surface area contributed by atoms with Crippen molar-refractivity contribution in [1.82, 2.24) is 9.88 Å². The molecule has 0 saturated carbocycles. The van der Waals surface area contributed by atoms with Crippen LogP contribution in [0.5, 0.6) is 11.5 Å². The molecule has 13 heteroatoms. The van der Waals surface area contributed by atoms with Crippen LogP contribution in [0.2, 0.25) is 5.02 Å². The molecule has 41 heavy (non-hydrogen) atoms. The van der Waals surface area contributed by atoms with Gasteiger partial charge in [-0.05, 0) is 57.0 Å². The van der Waals surface area contributed by atoms with E-state index in [1.165, 1.54) is 34.9 Å². The van der Waals surface area contributed by atoms with Gasteiger partial charge < -0.3 is 24.4 Å². The lowest BCUT2D eigenvalue weighted by atomic mass is 10.1. The minimum absolute atomic E-state index is 0.0132. The Balaban J connectivity index is 1.56. The SMILES string of the molecule is COc1ccc(CN(c2nccs2)S(=O)(=O)c2ccc(N[C@H]3CN(C(=O)OC(C)(C)C)C[C@@H]3C)c(Cl)c2)c(OC)c1.